The molecular weight excluding hydrogens is 583 g/mol. The second kappa shape index (κ2) is 16.1. The molecular formula is C30H54BN6O8+. The van der Waals surface area contributed by atoms with Gasteiger partial charge in [-0.05, 0) is 80.5 Å². The SMILES string of the molecule is COC(=O)CCCCCCC(=O)N[C@@H](CCCN=C(N)N[N+](=O)O)C(=O)N[C@@H](CC(C)C)B1O[C@@H]2C[C@@H]3C[C@@H](C3(C)C)[C@]2(C)O1. The summed E-state index contributed by atoms with van der Waals surface area (Å²) in [4.78, 5) is 52.6. The molecule has 1 saturated heterocycles. The summed E-state index contributed by atoms with van der Waals surface area (Å²) in [6.45, 7) is 11.1. The van der Waals surface area contributed by atoms with Crippen molar-refractivity contribution in [2.75, 3.05) is 13.7 Å². The topological polar surface area (TPSA) is 194 Å². The lowest BCUT2D eigenvalue weighted by atomic mass is 9.43. The molecule has 6 atom stereocenters. The van der Waals surface area contributed by atoms with Crippen molar-refractivity contribution < 1.29 is 38.7 Å². The number of methoxy groups -OCH3 is 1. The number of rotatable bonds is 18. The third-order valence-corrected chi connectivity index (χ3v) is 9.91. The Bertz CT molecular complexity index is 1090. The summed E-state index contributed by atoms with van der Waals surface area (Å²) in [7, 11) is 0.771. The Hall–Kier alpha value is -2.94. The molecule has 4 aliphatic rings. The van der Waals surface area contributed by atoms with E-state index in [0.29, 0.717) is 43.9 Å². The molecule has 0 spiro atoms. The van der Waals surface area contributed by atoms with E-state index in [4.69, 9.17) is 20.2 Å². The number of nitrogens with two attached hydrogens (primary N) is 1. The maximum Gasteiger partial charge on any atom is 0.481 e. The van der Waals surface area contributed by atoms with E-state index in [9.17, 15) is 19.3 Å². The minimum absolute atomic E-state index is 0.0187. The van der Waals surface area contributed by atoms with E-state index in [-0.39, 0.29) is 60.6 Å². The van der Waals surface area contributed by atoms with Crippen LogP contribution in [0.25, 0.3) is 0 Å². The molecule has 1 aliphatic heterocycles. The fourth-order valence-corrected chi connectivity index (χ4v) is 7.27. The van der Waals surface area contributed by atoms with Crippen molar-refractivity contribution >= 4 is 30.9 Å². The van der Waals surface area contributed by atoms with Gasteiger partial charge in [-0.3, -0.25) is 14.4 Å². The van der Waals surface area contributed by atoms with E-state index in [2.05, 4.69) is 55.0 Å². The number of unbranched alkanes of at least 4 members (excludes halogenated alkanes) is 3. The number of amides is 2. The smallest absolute Gasteiger partial charge is 0.469 e. The molecule has 4 rings (SSSR count). The van der Waals surface area contributed by atoms with Crippen LogP contribution in [0.2, 0.25) is 0 Å². The molecule has 254 valence electrons. The van der Waals surface area contributed by atoms with Gasteiger partial charge in [-0.1, -0.05) is 40.5 Å². The zero-order valence-corrected chi connectivity index (χ0v) is 27.8. The highest BCUT2D eigenvalue weighted by Crippen LogP contribution is 2.65. The van der Waals surface area contributed by atoms with Crippen LogP contribution in [0.3, 0.4) is 0 Å². The number of hydrogen-bond donors (Lipinski definition) is 5. The Balaban J connectivity index is 1.62. The quantitative estimate of drug-likeness (QED) is 0.0372. The lowest BCUT2D eigenvalue weighted by Crippen LogP contribution is -2.65. The Morgan fingerprint density at radius 1 is 1.09 bits per heavy atom. The number of carbonyl (C=O) groups excluding carboxylic acids is 3. The average molecular weight is 638 g/mol. The Morgan fingerprint density at radius 3 is 2.40 bits per heavy atom. The number of esters is 1. The van der Waals surface area contributed by atoms with Crippen molar-refractivity contribution in [3.05, 3.63) is 4.91 Å². The lowest BCUT2D eigenvalue weighted by Gasteiger charge is -2.64. The van der Waals surface area contributed by atoms with Gasteiger partial charge >= 0.3 is 18.1 Å². The van der Waals surface area contributed by atoms with Crippen molar-refractivity contribution in [2.45, 2.75) is 129 Å². The maximum absolute atomic E-state index is 13.7. The van der Waals surface area contributed by atoms with Crippen LogP contribution in [0.1, 0.15) is 105 Å². The van der Waals surface area contributed by atoms with Crippen LogP contribution in [0.15, 0.2) is 4.99 Å². The standard InChI is InChI=1S/C30H53BN6O8/c1-19(2)16-24(31-44-23-18-20-17-22(29(20,3)4)30(23,5)45-31)35-27(40)21(12-11-15-33-28(32)36-37(41)42)34-25(38)13-9-7-8-10-14-26(39)43-6/h19-24H,7-18H2,1-6H3,(H5-,32,33,34,35,36,38,40,41,42)/p+1/t20-,21-,22-,23+,24-,30-/m0/s1. The average Bonchev–Trinajstić information content (AvgIpc) is 3.32. The first-order valence-corrected chi connectivity index (χ1v) is 16.4. The summed E-state index contributed by atoms with van der Waals surface area (Å²) in [5.41, 5.74) is 7.24. The largest absolute Gasteiger partial charge is 0.481 e. The first kappa shape index (κ1) is 36.5. The Kier molecular flexibility index (Phi) is 13.0. The highest BCUT2D eigenvalue weighted by atomic mass is 16.7. The van der Waals surface area contributed by atoms with E-state index in [1.807, 2.05) is 5.43 Å². The van der Waals surface area contributed by atoms with E-state index in [0.717, 1.165) is 25.7 Å². The second-order valence-corrected chi connectivity index (χ2v) is 14.0. The molecule has 0 aromatic carbocycles. The molecule has 0 unspecified atom stereocenters. The molecule has 6 N–H and O–H groups in total. The van der Waals surface area contributed by atoms with Crippen molar-refractivity contribution in [1.29, 1.82) is 0 Å². The van der Waals surface area contributed by atoms with Gasteiger partial charge in [0.15, 0.2) is 0 Å². The van der Waals surface area contributed by atoms with Crippen molar-refractivity contribution in [3.63, 3.8) is 0 Å². The van der Waals surface area contributed by atoms with Crippen molar-refractivity contribution in [1.82, 2.24) is 16.1 Å². The van der Waals surface area contributed by atoms with Crippen LogP contribution in [-0.4, -0.2) is 78.4 Å². The van der Waals surface area contributed by atoms with E-state index in [1.165, 1.54) is 7.11 Å². The number of carbonyl (C=O) groups is 3. The Morgan fingerprint density at radius 2 is 1.78 bits per heavy atom. The minimum Gasteiger partial charge on any atom is -0.469 e. The zero-order valence-electron chi connectivity index (χ0n) is 27.8. The molecule has 45 heavy (non-hydrogen) atoms. The molecule has 3 aliphatic carbocycles. The van der Waals surface area contributed by atoms with E-state index < -0.39 is 29.7 Å². The highest BCUT2D eigenvalue weighted by molar-refractivity contribution is 6.48. The number of nitrogens with zero attached hydrogens (tertiary/aromatic N) is 2. The lowest BCUT2D eigenvalue weighted by molar-refractivity contribution is -0.822. The van der Waals surface area contributed by atoms with Crippen LogP contribution in [0.5, 0.6) is 0 Å². The van der Waals surface area contributed by atoms with Gasteiger partial charge in [-0.25, -0.2) is 10.2 Å². The summed E-state index contributed by atoms with van der Waals surface area (Å²) >= 11 is 0. The van der Waals surface area contributed by atoms with Crippen LogP contribution in [-0.2, 0) is 28.4 Å². The van der Waals surface area contributed by atoms with E-state index >= 15 is 0 Å². The van der Waals surface area contributed by atoms with Gasteiger partial charge in [0.05, 0.1) is 24.8 Å². The first-order valence-electron chi connectivity index (χ1n) is 16.4. The number of ether oxygens (including phenoxy) is 1. The third-order valence-electron chi connectivity index (χ3n) is 9.91. The van der Waals surface area contributed by atoms with Crippen molar-refractivity contribution in [2.24, 2.45) is 33.9 Å². The molecule has 0 radical (unpaired) electrons. The van der Waals surface area contributed by atoms with Gasteiger partial charge < -0.3 is 30.4 Å². The molecule has 0 aromatic rings. The van der Waals surface area contributed by atoms with Crippen LogP contribution in [0.4, 0.5) is 0 Å². The van der Waals surface area contributed by atoms with Gasteiger partial charge in [0.1, 0.15) is 10.9 Å². The van der Waals surface area contributed by atoms with Gasteiger partial charge in [-0.15, -0.1) is 0 Å². The molecule has 15 heteroatoms. The third kappa shape index (κ3) is 9.78. The maximum atomic E-state index is 13.7. The monoisotopic (exact) mass is 637 g/mol. The molecule has 4 fully saturated rings. The molecule has 2 bridgehead atoms. The summed E-state index contributed by atoms with van der Waals surface area (Å²) in [5, 5.41) is 14.2. The van der Waals surface area contributed by atoms with Gasteiger partial charge in [-0.2, -0.15) is 0 Å². The Labute approximate surface area is 267 Å². The predicted molar refractivity (Wildman–Crippen MR) is 167 cm³/mol. The number of aliphatic imine (C=N–C) groups is 1. The van der Waals surface area contributed by atoms with Gasteiger partial charge in [0.2, 0.25) is 11.8 Å². The number of nitrogens with one attached hydrogen (secondary N) is 3. The summed E-state index contributed by atoms with van der Waals surface area (Å²) < 4.78 is 17.8. The normalized spacial score (nSPS) is 26.3. The summed E-state index contributed by atoms with van der Waals surface area (Å²) in [6.07, 6.45) is 6.83. The van der Waals surface area contributed by atoms with Crippen LogP contribution < -0.4 is 21.8 Å². The zero-order chi connectivity index (χ0) is 33.4. The fourth-order valence-electron chi connectivity index (χ4n) is 7.27. The predicted octanol–water partition coefficient (Wildman–Crippen LogP) is 2.55. The molecule has 1 heterocycles. The minimum atomic E-state index is -0.837. The van der Waals surface area contributed by atoms with E-state index in [1.54, 1.807) is 0 Å². The number of guanidine groups is 1. The summed E-state index contributed by atoms with van der Waals surface area (Å²) in [6, 6.07) is -0.837. The van der Waals surface area contributed by atoms with Crippen LogP contribution >= 0.6 is 0 Å². The highest BCUT2D eigenvalue weighted by Gasteiger charge is 2.68. The molecule has 2 amide bonds. The first-order chi connectivity index (χ1) is 21.2. The molecule has 14 nitrogen and oxygen atoms in total. The fraction of sp³-hybridized carbons (Fsp3) is 0.867. The van der Waals surface area contributed by atoms with Gasteiger partial charge in [0.25, 0.3) is 5.96 Å². The van der Waals surface area contributed by atoms with Gasteiger partial charge in [0, 0.05) is 19.4 Å². The van der Waals surface area contributed by atoms with Crippen molar-refractivity contribution in [3.8, 4) is 0 Å². The second-order valence-electron chi connectivity index (χ2n) is 14.0. The summed E-state index contributed by atoms with van der Waals surface area (Å²) in [5.74, 6) is -0.245. The molecule has 3 saturated carbocycles. The number of hydrogen-bond acceptors (Lipinski definition) is 8. The van der Waals surface area contributed by atoms with Crippen LogP contribution in [0, 0.1) is 28.1 Å². The number of hydrazine groups is 1. The molecule has 0 aromatic heterocycles.